The first-order valence-corrected chi connectivity index (χ1v) is 14.5. The summed E-state index contributed by atoms with van der Waals surface area (Å²) in [6.45, 7) is 2.18. The molecule has 220 valence electrons. The van der Waals surface area contributed by atoms with Crippen LogP contribution in [0.4, 0.5) is 4.39 Å². The number of aliphatic carboxylic acids is 1. The van der Waals surface area contributed by atoms with Crippen LogP contribution in [0.5, 0.6) is 11.5 Å². The third-order valence-electron chi connectivity index (χ3n) is 10.1. The molecule has 4 aliphatic carbocycles. The molecule has 1 aromatic carbocycles. The zero-order chi connectivity index (χ0) is 28.7. The minimum atomic E-state index is -0.839. The molecule has 4 aliphatic rings. The van der Waals surface area contributed by atoms with Gasteiger partial charge in [-0.3, -0.25) is 14.4 Å². The van der Waals surface area contributed by atoms with Gasteiger partial charge in [0.1, 0.15) is 5.75 Å². The van der Waals surface area contributed by atoms with E-state index >= 15 is 0 Å². The molecule has 10 heteroatoms. The van der Waals surface area contributed by atoms with Crippen LogP contribution >= 0.6 is 0 Å². The smallest absolute Gasteiger partial charge is 0.309 e. The molecule has 2 bridgehead atoms. The van der Waals surface area contributed by atoms with Crippen molar-refractivity contribution >= 4 is 17.8 Å². The predicted molar refractivity (Wildman–Crippen MR) is 144 cm³/mol. The van der Waals surface area contributed by atoms with Crippen LogP contribution in [0.2, 0.25) is 0 Å². The van der Waals surface area contributed by atoms with Gasteiger partial charge >= 0.3 is 5.97 Å². The summed E-state index contributed by atoms with van der Waals surface area (Å²) >= 11 is 0. The molecule has 2 amide bonds. The number of carboxylic acids is 1. The largest absolute Gasteiger partial charge is 0.496 e. The lowest BCUT2D eigenvalue weighted by Crippen LogP contribution is -2.54. The first-order valence-electron chi connectivity index (χ1n) is 14.5. The third kappa shape index (κ3) is 5.39. The molecule has 9 nitrogen and oxygen atoms in total. The van der Waals surface area contributed by atoms with Gasteiger partial charge in [0.2, 0.25) is 5.91 Å². The van der Waals surface area contributed by atoms with Gasteiger partial charge < -0.3 is 30.0 Å². The van der Waals surface area contributed by atoms with Gasteiger partial charge in [0.05, 0.1) is 35.7 Å². The molecule has 4 atom stereocenters. The number of nitrogens with one attached hydrogen (secondary N) is 2. The number of carbonyl (C=O) groups is 3. The van der Waals surface area contributed by atoms with E-state index in [2.05, 4.69) is 10.6 Å². The number of hydrogen-bond acceptors (Lipinski definition) is 6. The van der Waals surface area contributed by atoms with E-state index in [9.17, 15) is 23.9 Å². The first kappa shape index (κ1) is 28.6. The van der Waals surface area contributed by atoms with Crippen LogP contribution in [-0.2, 0) is 14.3 Å². The zero-order valence-electron chi connectivity index (χ0n) is 23.6. The normalized spacial score (nSPS) is 32.1. The van der Waals surface area contributed by atoms with Crippen molar-refractivity contribution in [2.45, 2.75) is 88.9 Å². The van der Waals surface area contributed by atoms with Gasteiger partial charge in [-0.25, -0.2) is 4.39 Å². The van der Waals surface area contributed by atoms with Gasteiger partial charge in [-0.1, -0.05) is 0 Å². The molecule has 0 spiro atoms. The minimum absolute atomic E-state index is 0.0541. The van der Waals surface area contributed by atoms with Crippen LogP contribution in [0.25, 0.3) is 0 Å². The van der Waals surface area contributed by atoms with Gasteiger partial charge in [0.15, 0.2) is 11.6 Å². The SMILES string of the molecule is COc1cc(F)c(OC2CCC(C)(C(=O)O)CC2)cc1C(=O)NC1C2CCC(C2)C1C(=O)NCC1(OC)CCC1. The lowest BCUT2D eigenvalue weighted by atomic mass is 9.75. The lowest BCUT2D eigenvalue weighted by molar-refractivity contribution is -0.150. The van der Waals surface area contributed by atoms with Crippen molar-refractivity contribution in [2.75, 3.05) is 20.8 Å². The number of halogens is 1. The monoisotopic (exact) mass is 560 g/mol. The quantitative estimate of drug-likeness (QED) is 0.394. The predicted octanol–water partition coefficient (Wildman–Crippen LogP) is 4.08. The number of rotatable bonds is 10. The molecule has 4 fully saturated rings. The number of benzene rings is 1. The number of amides is 2. The highest BCUT2D eigenvalue weighted by atomic mass is 19.1. The number of ether oxygens (including phenoxy) is 3. The van der Waals surface area contributed by atoms with E-state index in [0.717, 1.165) is 44.6 Å². The molecule has 3 N–H and O–H groups in total. The zero-order valence-corrected chi connectivity index (χ0v) is 23.6. The van der Waals surface area contributed by atoms with Gasteiger partial charge in [-0.2, -0.15) is 0 Å². The summed E-state index contributed by atoms with van der Waals surface area (Å²) in [5.41, 5.74) is -0.955. The standard InChI is InChI=1S/C30H41FN2O7/c1-29(28(36)37)11-7-19(8-12-29)40-23-14-20(22(38-2)15-21(23)31)26(34)33-25-18-6-5-17(13-18)24(25)27(35)32-16-30(39-3)9-4-10-30/h14-15,17-19,24-25H,4-13,16H2,1-3H3,(H,32,35)(H,33,34)(H,36,37). The van der Waals surface area contributed by atoms with Crippen LogP contribution in [0.1, 0.15) is 81.5 Å². The highest BCUT2D eigenvalue weighted by Gasteiger charge is 2.52. The molecule has 0 radical (unpaired) electrons. The van der Waals surface area contributed by atoms with Crippen molar-refractivity contribution < 1.29 is 38.1 Å². The molecule has 0 heterocycles. The minimum Gasteiger partial charge on any atom is -0.496 e. The van der Waals surface area contributed by atoms with E-state index in [0.29, 0.717) is 32.2 Å². The van der Waals surface area contributed by atoms with E-state index in [1.807, 2.05) is 0 Å². The molecule has 4 saturated carbocycles. The molecule has 5 rings (SSSR count). The van der Waals surface area contributed by atoms with Gasteiger partial charge in [0.25, 0.3) is 5.91 Å². The van der Waals surface area contributed by atoms with E-state index < -0.39 is 23.1 Å². The number of carbonyl (C=O) groups excluding carboxylic acids is 2. The Hall–Kier alpha value is -2.88. The van der Waals surface area contributed by atoms with Crippen molar-refractivity contribution in [1.29, 1.82) is 0 Å². The summed E-state index contributed by atoms with van der Waals surface area (Å²) in [6.07, 6.45) is 7.20. The average molecular weight is 561 g/mol. The fourth-order valence-corrected chi connectivity index (χ4v) is 7.21. The van der Waals surface area contributed by atoms with Crippen molar-refractivity contribution in [3.8, 4) is 11.5 Å². The highest BCUT2D eigenvalue weighted by molar-refractivity contribution is 5.98. The molecular formula is C30H41FN2O7. The summed E-state index contributed by atoms with van der Waals surface area (Å²) in [5.74, 6) is -1.87. The van der Waals surface area contributed by atoms with Crippen molar-refractivity contribution in [2.24, 2.45) is 23.2 Å². The Morgan fingerprint density at radius 3 is 2.33 bits per heavy atom. The Morgan fingerprint density at radius 1 is 1.02 bits per heavy atom. The molecule has 0 saturated heterocycles. The van der Waals surface area contributed by atoms with E-state index in [1.165, 1.54) is 13.2 Å². The second-order valence-electron chi connectivity index (χ2n) is 12.5. The Morgan fingerprint density at radius 2 is 1.73 bits per heavy atom. The second kappa shape index (κ2) is 11.2. The number of hydrogen-bond donors (Lipinski definition) is 3. The van der Waals surface area contributed by atoms with Gasteiger partial charge in [-0.15, -0.1) is 0 Å². The van der Waals surface area contributed by atoms with Crippen molar-refractivity contribution in [1.82, 2.24) is 10.6 Å². The Bertz CT molecular complexity index is 1140. The van der Waals surface area contributed by atoms with E-state index in [-0.39, 0.29) is 58.5 Å². The summed E-state index contributed by atoms with van der Waals surface area (Å²) in [5, 5.41) is 15.7. The highest BCUT2D eigenvalue weighted by Crippen LogP contribution is 2.49. The average Bonchev–Trinajstić information content (AvgIpc) is 3.52. The molecular weight excluding hydrogens is 519 g/mol. The maximum atomic E-state index is 15.0. The van der Waals surface area contributed by atoms with Gasteiger partial charge in [0, 0.05) is 25.8 Å². The lowest BCUT2D eigenvalue weighted by Gasteiger charge is -2.41. The fourth-order valence-electron chi connectivity index (χ4n) is 7.21. The molecule has 0 aliphatic heterocycles. The van der Waals surface area contributed by atoms with Crippen molar-refractivity contribution in [3.05, 3.63) is 23.5 Å². The van der Waals surface area contributed by atoms with Crippen LogP contribution in [0.15, 0.2) is 12.1 Å². The fraction of sp³-hybridized carbons (Fsp3) is 0.700. The van der Waals surface area contributed by atoms with Crippen LogP contribution in [0, 0.1) is 29.0 Å². The summed E-state index contributed by atoms with van der Waals surface area (Å²) in [4.78, 5) is 38.5. The Kier molecular flexibility index (Phi) is 8.01. The van der Waals surface area contributed by atoms with E-state index in [1.54, 1.807) is 14.0 Å². The molecule has 0 aromatic heterocycles. The summed E-state index contributed by atoms with van der Waals surface area (Å²) in [6, 6.07) is 2.18. The van der Waals surface area contributed by atoms with Crippen LogP contribution < -0.4 is 20.1 Å². The molecule has 1 aromatic rings. The van der Waals surface area contributed by atoms with Crippen molar-refractivity contribution in [3.63, 3.8) is 0 Å². The Balaban J connectivity index is 1.28. The number of carboxylic acid groups (broad SMARTS) is 1. The van der Waals surface area contributed by atoms with Crippen LogP contribution in [-0.4, -0.2) is 61.4 Å². The first-order chi connectivity index (χ1) is 19.1. The summed E-state index contributed by atoms with van der Waals surface area (Å²) < 4.78 is 31.9. The number of fused-ring (bicyclic) bond motifs is 2. The van der Waals surface area contributed by atoms with E-state index in [4.69, 9.17) is 14.2 Å². The molecule has 4 unspecified atom stereocenters. The second-order valence-corrected chi connectivity index (χ2v) is 12.5. The number of methoxy groups -OCH3 is 2. The Labute approximate surface area is 234 Å². The van der Waals surface area contributed by atoms with Gasteiger partial charge in [-0.05, 0) is 89.0 Å². The summed E-state index contributed by atoms with van der Waals surface area (Å²) in [7, 11) is 3.06. The van der Waals surface area contributed by atoms with Crippen LogP contribution in [0.3, 0.4) is 0 Å². The third-order valence-corrected chi connectivity index (χ3v) is 10.1. The maximum absolute atomic E-state index is 15.0. The maximum Gasteiger partial charge on any atom is 0.309 e. The topological polar surface area (TPSA) is 123 Å². The molecule has 40 heavy (non-hydrogen) atoms.